The van der Waals surface area contributed by atoms with Gasteiger partial charge in [-0.25, -0.2) is 15.0 Å². The average Bonchev–Trinajstić information content (AvgIpc) is 2.49. The Morgan fingerprint density at radius 1 is 1.31 bits per heavy atom. The second kappa shape index (κ2) is 2.69. The van der Waals surface area contributed by atoms with Crippen LogP contribution in [-0.4, -0.2) is 19.5 Å². The van der Waals surface area contributed by atoms with E-state index < -0.39 is 0 Å². The summed E-state index contributed by atoms with van der Waals surface area (Å²) in [5, 5.41) is 0. The number of imidazole rings is 1. The van der Waals surface area contributed by atoms with Crippen LogP contribution < -0.4 is 5.73 Å². The molecule has 0 aliphatic carbocycles. The molecule has 0 radical (unpaired) electrons. The first-order valence-electron chi connectivity index (χ1n) is 4.13. The highest BCUT2D eigenvalue weighted by atomic mass is 15.1. The van der Waals surface area contributed by atoms with Crippen molar-refractivity contribution in [3.63, 3.8) is 0 Å². The van der Waals surface area contributed by atoms with Gasteiger partial charge in [-0.3, -0.25) is 0 Å². The van der Waals surface area contributed by atoms with Crippen LogP contribution in [0.15, 0.2) is 12.7 Å². The molecule has 0 fully saturated rings. The van der Waals surface area contributed by atoms with Crippen LogP contribution in [0, 0.1) is 0 Å². The highest BCUT2D eigenvalue weighted by Crippen LogP contribution is 2.18. The van der Waals surface area contributed by atoms with Crippen LogP contribution in [-0.2, 0) is 0 Å². The van der Waals surface area contributed by atoms with Gasteiger partial charge in [-0.2, -0.15) is 0 Å². The van der Waals surface area contributed by atoms with Gasteiger partial charge in [0.2, 0.25) is 0 Å². The number of anilines is 1. The van der Waals surface area contributed by atoms with Gasteiger partial charge in [0.05, 0.1) is 6.33 Å². The fraction of sp³-hybridized carbons (Fsp3) is 0.375. The van der Waals surface area contributed by atoms with Gasteiger partial charge >= 0.3 is 0 Å². The van der Waals surface area contributed by atoms with E-state index in [1.165, 1.54) is 6.33 Å². The molecule has 2 heterocycles. The number of rotatable bonds is 1. The first-order chi connectivity index (χ1) is 6.20. The minimum Gasteiger partial charge on any atom is -0.382 e. The molecule has 5 nitrogen and oxygen atoms in total. The summed E-state index contributed by atoms with van der Waals surface area (Å²) < 4.78 is 1.96. The molecule has 0 amide bonds. The lowest BCUT2D eigenvalue weighted by molar-refractivity contribution is 0.617. The van der Waals surface area contributed by atoms with Crippen LogP contribution in [0.3, 0.4) is 0 Å². The lowest BCUT2D eigenvalue weighted by atomic mass is 10.3. The molecule has 5 heteroatoms. The quantitative estimate of drug-likeness (QED) is 0.705. The summed E-state index contributed by atoms with van der Waals surface area (Å²) in [4.78, 5) is 12.1. The van der Waals surface area contributed by atoms with E-state index in [-0.39, 0.29) is 0 Å². The molecule has 0 saturated heterocycles. The lowest BCUT2D eigenvalue weighted by Gasteiger charge is -2.07. The predicted octanol–water partition coefficient (Wildman–Crippen LogP) is 0.989. The zero-order valence-corrected chi connectivity index (χ0v) is 7.60. The van der Waals surface area contributed by atoms with Crippen molar-refractivity contribution < 1.29 is 0 Å². The molecule has 2 aromatic rings. The largest absolute Gasteiger partial charge is 0.382 e. The van der Waals surface area contributed by atoms with E-state index in [9.17, 15) is 0 Å². The normalized spacial score (nSPS) is 11.3. The van der Waals surface area contributed by atoms with Gasteiger partial charge in [-0.1, -0.05) is 0 Å². The summed E-state index contributed by atoms with van der Waals surface area (Å²) in [5.41, 5.74) is 7.20. The predicted molar refractivity (Wildman–Crippen MR) is 50.1 cm³/mol. The molecule has 0 spiro atoms. The third-order valence-electron chi connectivity index (χ3n) is 1.95. The van der Waals surface area contributed by atoms with Gasteiger partial charge in [0.1, 0.15) is 11.8 Å². The topological polar surface area (TPSA) is 69.6 Å². The summed E-state index contributed by atoms with van der Waals surface area (Å²) in [6, 6.07) is 0.318. The molecule has 0 atom stereocenters. The molecule has 0 aromatic carbocycles. The van der Waals surface area contributed by atoms with E-state index in [0.29, 0.717) is 17.5 Å². The number of nitrogens with zero attached hydrogens (tertiary/aromatic N) is 4. The van der Waals surface area contributed by atoms with Gasteiger partial charge in [0.15, 0.2) is 11.5 Å². The third kappa shape index (κ3) is 1.12. The Labute approximate surface area is 75.6 Å². The Bertz CT molecular complexity index is 431. The van der Waals surface area contributed by atoms with Crippen molar-refractivity contribution in [3.8, 4) is 0 Å². The molecule has 0 aliphatic heterocycles. The maximum atomic E-state index is 5.73. The lowest BCUT2D eigenvalue weighted by Crippen LogP contribution is -2.02. The molecule has 2 aromatic heterocycles. The van der Waals surface area contributed by atoms with E-state index in [1.807, 2.05) is 4.57 Å². The first-order valence-corrected chi connectivity index (χ1v) is 4.13. The van der Waals surface area contributed by atoms with Crippen LogP contribution >= 0.6 is 0 Å². The Morgan fingerprint density at radius 3 is 2.77 bits per heavy atom. The summed E-state index contributed by atoms with van der Waals surface area (Å²) in [6.45, 7) is 4.13. The Balaban J connectivity index is 2.79. The second-order valence-corrected chi connectivity index (χ2v) is 3.18. The maximum absolute atomic E-state index is 5.73. The van der Waals surface area contributed by atoms with Gasteiger partial charge in [-0.05, 0) is 13.8 Å². The van der Waals surface area contributed by atoms with Gasteiger partial charge < -0.3 is 10.3 Å². The van der Waals surface area contributed by atoms with E-state index in [0.717, 1.165) is 5.52 Å². The summed E-state index contributed by atoms with van der Waals surface area (Å²) in [7, 11) is 0. The summed E-state index contributed by atoms with van der Waals surface area (Å²) in [6.07, 6.45) is 3.16. The molecule has 0 saturated carbocycles. The number of aromatic nitrogens is 4. The van der Waals surface area contributed by atoms with Crippen molar-refractivity contribution in [1.82, 2.24) is 19.5 Å². The maximum Gasteiger partial charge on any atom is 0.182 e. The smallest absolute Gasteiger partial charge is 0.182 e. The van der Waals surface area contributed by atoms with Crippen molar-refractivity contribution in [2.24, 2.45) is 0 Å². The highest BCUT2D eigenvalue weighted by Gasteiger charge is 2.09. The van der Waals surface area contributed by atoms with E-state index >= 15 is 0 Å². The number of hydrogen-bond acceptors (Lipinski definition) is 4. The third-order valence-corrected chi connectivity index (χ3v) is 1.95. The standard InChI is InChI=1S/C8H11N5/c1-5(2)13-4-12-8-6(13)7(9)10-3-11-8/h3-5H,1-2H3,(H2,9,10,11). The zero-order valence-electron chi connectivity index (χ0n) is 7.60. The molecule has 0 unspecified atom stereocenters. The monoisotopic (exact) mass is 177 g/mol. The zero-order chi connectivity index (χ0) is 9.42. The molecular weight excluding hydrogens is 166 g/mol. The molecule has 0 aliphatic rings. The number of nitrogens with two attached hydrogens (primary N) is 1. The SMILES string of the molecule is CC(C)n1cnc2ncnc(N)c21. The fourth-order valence-electron chi connectivity index (χ4n) is 1.29. The Morgan fingerprint density at radius 2 is 2.08 bits per heavy atom. The molecule has 0 bridgehead atoms. The molecule has 2 N–H and O–H groups in total. The minimum absolute atomic E-state index is 0.318. The molecular formula is C8H11N5. The second-order valence-electron chi connectivity index (χ2n) is 3.18. The van der Waals surface area contributed by atoms with E-state index in [4.69, 9.17) is 5.73 Å². The number of hydrogen-bond donors (Lipinski definition) is 1. The van der Waals surface area contributed by atoms with Crippen LogP contribution in [0.2, 0.25) is 0 Å². The number of fused-ring (bicyclic) bond motifs is 1. The van der Waals surface area contributed by atoms with Crippen LogP contribution in [0.1, 0.15) is 19.9 Å². The molecule has 68 valence electrons. The fourth-order valence-corrected chi connectivity index (χ4v) is 1.29. The van der Waals surface area contributed by atoms with Crippen molar-refractivity contribution in [3.05, 3.63) is 12.7 Å². The van der Waals surface area contributed by atoms with Gasteiger partial charge in [0, 0.05) is 6.04 Å². The van der Waals surface area contributed by atoms with Gasteiger partial charge in [-0.15, -0.1) is 0 Å². The van der Waals surface area contributed by atoms with Crippen molar-refractivity contribution >= 4 is 17.0 Å². The van der Waals surface area contributed by atoms with Crippen molar-refractivity contribution in [2.45, 2.75) is 19.9 Å². The Kier molecular flexibility index (Phi) is 1.65. The van der Waals surface area contributed by atoms with E-state index in [1.54, 1.807) is 6.33 Å². The minimum atomic E-state index is 0.318. The highest BCUT2D eigenvalue weighted by molar-refractivity contribution is 5.81. The van der Waals surface area contributed by atoms with Gasteiger partial charge in [0.25, 0.3) is 0 Å². The van der Waals surface area contributed by atoms with Crippen molar-refractivity contribution in [1.29, 1.82) is 0 Å². The van der Waals surface area contributed by atoms with Crippen molar-refractivity contribution in [2.75, 3.05) is 5.73 Å². The van der Waals surface area contributed by atoms with Crippen LogP contribution in [0.5, 0.6) is 0 Å². The van der Waals surface area contributed by atoms with Crippen LogP contribution in [0.4, 0.5) is 5.82 Å². The average molecular weight is 177 g/mol. The first kappa shape index (κ1) is 7.97. The molecule has 2 rings (SSSR count). The summed E-state index contributed by atoms with van der Waals surface area (Å²) in [5.74, 6) is 0.483. The Hall–Kier alpha value is -1.65. The summed E-state index contributed by atoms with van der Waals surface area (Å²) >= 11 is 0. The molecule has 13 heavy (non-hydrogen) atoms. The van der Waals surface area contributed by atoms with Crippen LogP contribution in [0.25, 0.3) is 11.2 Å². The van der Waals surface area contributed by atoms with E-state index in [2.05, 4.69) is 28.8 Å². The number of nitrogen functional groups attached to an aromatic ring is 1.